The summed E-state index contributed by atoms with van der Waals surface area (Å²) < 4.78 is 7.41. The molecular formula is C19H21N5O4. The Hall–Kier alpha value is -3.49. The van der Waals surface area contributed by atoms with Gasteiger partial charge in [0.15, 0.2) is 5.92 Å². The SMILES string of the molecule is CCOc1ccccc1N1C(=O)NC(=O)[C@H](C=NCCCn2ccnc2)C1=O. The number of carbonyl (C=O) groups is 3. The van der Waals surface area contributed by atoms with Crippen molar-refractivity contribution in [1.29, 1.82) is 0 Å². The smallest absolute Gasteiger partial charge is 0.335 e. The van der Waals surface area contributed by atoms with Gasteiger partial charge in [-0.15, -0.1) is 0 Å². The van der Waals surface area contributed by atoms with Gasteiger partial charge in [-0.05, 0) is 25.5 Å². The van der Waals surface area contributed by atoms with Crippen LogP contribution in [0.25, 0.3) is 0 Å². The lowest BCUT2D eigenvalue weighted by Crippen LogP contribution is -2.58. The second kappa shape index (κ2) is 8.94. The molecule has 1 N–H and O–H groups in total. The van der Waals surface area contributed by atoms with Gasteiger partial charge in [0.25, 0.3) is 5.91 Å². The zero-order valence-corrected chi connectivity index (χ0v) is 15.4. The number of carbonyl (C=O) groups excluding carboxylic acids is 3. The summed E-state index contributed by atoms with van der Waals surface area (Å²) >= 11 is 0. The van der Waals surface area contributed by atoms with E-state index in [-0.39, 0.29) is 5.69 Å². The number of aliphatic imine (C=N–C) groups is 1. The number of benzene rings is 1. The minimum Gasteiger partial charge on any atom is -0.492 e. The normalized spacial score (nSPS) is 17.2. The van der Waals surface area contributed by atoms with Crippen molar-refractivity contribution in [3.8, 4) is 5.75 Å². The maximum Gasteiger partial charge on any atom is 0.335 e. The molecule has 2 heterocycles. The van der Waals surface area contributed by atoms with Crippen molar-refractivity contribution in [3.05, 3.63) is 43.0 Å². The Labute approximate surface area is 162 Å². The molecule has 2 aromatic rings. The van der Waals surface area contributed by atoms with Crippen LogP contribution in [0.4, 0.5) is 10.5 Å². The quantitative estimate of drug-likeness (QED) is 0.424. The van der Waals surface area contributed by atoms with Crippen LogP contribution < -0.4 is 15.0 Å². The lowest BCUT2D eigenvalue weighted by molar-refractivity contribution is -0.131. The van der Waals surface area contributed by atoms with E-state index >= 15 is 0 Å². The summed E-state index contributed by atoms with van der Waals surface area (Å²) in [4.78, 5) is 46.3. The van der Waals surface area contributed by atoms with Crippen LogP contribution in [0, 0.1) is 5.92 Å². The van der Waals surface area contributed by atoms with E-state index in [1.165, 1.54) is 6.21 Å². The standard InChI is InChI=1S/C19H21N5O4/c1-2-28-16-7-4-3-6-15(16)24-18(26)14(17(25)22-19(24)27)12-20-8-5-10-23-11-9-21-13-23/h3-4,6-7,9,11-14H,2,5,8,10H2,1H3,(H,22,25,27)/t14-/m0/s1. The summed E-state index contributed by atoms with van der Waals surface area (Å²) in [5.74, 6) is -2.11. The molecule has 146 valence electrons. The van der Waals surface area contributed by atoms with Crippen molar-refractivity contribution in [1.82, 2.24) is 14.9 Å². The fraction of sp³-hybridized carbons (Fsp3) is 0.316. The fourth-order valence-electron chi connectivity index (χ4n) is 2.81. The number of aryl methyl sites for hydroxylation is 1. The number of anilines is 1. The first-order valence-electron chi connectivity index (χ1n) is 8.98. The van der Waals surface area contributed by atoms with Gasteiger partial charge in [-0.25, -0.2) is 14.7 Å². The summed E-state index contributed by atoms with van der Waals surface area (Å²) in [6.45, 7) is 3.35. The summed E-state index contributed by atoms with van der Waals surface area (Å²) in [7, 11) is 0. The maximum atomic E-state index is 12.8. The van der Waals surface area contributed by atoms with Crippen molar-refractivity contribution in [3.63, 3.8) is 0 Å². The van der Waals surface area contributed by atoms with E-state index in [1.807, 2.05) is 10.8 Å². The Morgan fingerprint density at radius 3 is 2.86 bits per heavy atom. The van der Waals surface area contributed by atoms with Gasteiger partial charge in [0.1, 0.15) is 5.75 Å². The van der Waals surface area contributed by atoms with Gasteiger partial charge in [-0.3, -0.25) is 19.9 Å². The highest BCUT2D eigenvalue weighted by Gasteiger charge is 2.41. The number of para-hydroxylation sites is 2. The lowest BCUT2D eigenvalue weighted by atomic mass is 10.1. The van der Waals surface area contributed by atoms with Crippen molar-refractivity contribution in [2.24, 2.45) is 10.9 Å². The highest BCUT2D eigenvalue weighted by Crippen LogP contribution is 2.30. The zero-order valence-electron chi connectivity index (χ0n) is 15.4. The molecule has 1 aromatic heterocycles. The summed E-state index contributed by atoms with van der Waals surface area (Å²) in [6.07, 6.45) is 7.28. The molecule has 9 heteroatoms. The molecule has 3 rings (SSSR count). The molecule has 0 aliphatic carbocycles. The second-order valence-corrected chi connectivity index (χ2v) is 6.06. The molecule has 4 amide bonds. The van der Waals surface area contributed by atoms with Crippen LogP contribution in [-0.2, 0) is 16.1 Å². The van der Waals surface area contributed by atoms with Crippen molar-refractivity contribution in [2.45, 2.75) is 19.9 Å². The van der Waals surface area contributed by atoms with Crippen LogP contribution in [0.2, 0.25) is 0 Å². The minimum atomic E-state index is -1.17. The number of nitrogens with zero attached hydrogens (tertiary/aromatic N) is 4. The number of imide groups is 2. The van der Waals surface area contributed by atoms with Gasteiger partial charge in [0.2, 0.25) is 5.91 Å². The number of aromatic nitrogens is 2. The number of hydrogen-bond acceptors (Lipinski definition) is 6. The summed E-state index contributed by atoms with van der Waals surface area (Å²) in [5, 5.41) is 2.21. The molecule has 28 heavy (non-hydrogen) atoms. The van der Waals surface area contributed by atoms with Crippen LogP contribution in [0.1, 0.15) is 13.3 Å². The van der Waals surface area contributed by atoms with Gasteiger partial charge in [0, 0.05) is 31.7 Å². The number of barbiturate groups is 1. The second-order valence-electron chi connectivity index (χ2n) is 6.06. The third kappa shape index (κ3) is 4.25. The van der Waals surface area contributed by atoms with Crippen molar-refractivity contribution in [2.75, 3.05) is 18.1 Å². The van der Waals surface area contributed by atoms with Gasteiger partial charge >= 0.3 is 6.03 Å². The zero-order chi connectivity index (χ0) is 19.9. The van der Waals surface area contributed by atoms with E-state index < -0.39 is 23.8 Å². The average Bonchev–Trinajstić information content (AvgIpc) is 3.18. The number of hydrogen-bond donors (Lipinski definition) is 1. The monoisotopic (exact) mass is 383 g/mol. The number of nitrogens with one attached hydrogen (secondary N) is 1. The molecule has 1 aromatic carbocycles. The molecule has 1 saturated heterocycles. The largest absolute Gasteiger partial charge is 0.492 e. The van der Waals surface area contributed by atoms with Crippen LogP contribution in [-0.4, -0.2) is 46.8 Å². The van der Waals surface area contributed by atoms with E-state index in [2.05, 4.69) is 15.3 Å². The molecule has 1 fully saturated rings. The topological polar surface area (TPSA) is 106 Å². The molecule has 0 saturated carbocycles. The average molecular weight is 383 g/mol. The number of urea groups is 1. The summed E-state index contributed by atoms with van der Waals surface area (Å²) in [6, 6.07) is 5.89. The van der Waals surface area contributed by atoms with Crippen LogP contribution in [0.3, 0.4) is 0 Å². The lowest BCUT2D eigenvalue weighted by Gasteiger charge is -2.29. The third-order valence-electron chi connectivity index (χ3n) is 4.13. The molecule has 0 radical (unpaired) electrons. The first-order chi connectivity index (χ1) is 13.6. The van der Waals surface area contributed by atoms with Gasteiger partial charge < -0.3 is 9.30 Å². The van der Waals surface area contributed by atoms with E-state index in [4.69, 9.17) is 4.74 Å². The molecule has 9 nitrogen and oxygen atoms in total. The minimum absolute atomic E-state index is 0.290. The van der Waals surface area contributed by atoms with E-state index in [0.29, 0.717) is 18.9 Å². The van der Waals surface area contributed by atoms with Crippen LogP contribution >= 0.6 is 0 Å². The first-order valence-corrected chi connectivity index (χ1v) is 8.98. The molecule has 1 aliphatic rings. The summed E-state index contributed by atoms with van der Waals surface area (Å²) in [5.41, 5.74) is 0.290. The van der Waals surface area contributed by atoms with E-state index in [9.17, 15) is 14.4 Å². The number of amides is 4. The molecular weight excluding hydrogens is 362 g/mol. The Morgan fingerprint density at radius 2 is 2.11 bits per heavy atom. The highest BCUT2D eigenvalue weighted by atomic mass is 16.5. The Balaban J connectivity index is 1.70. The molecule has 1 aliphatic heterocycles. The maximum absolute atomic E-state index is 12.8. The van der Waals surface area contributed by atoms with Crippen molar-refractivity contribution >= 4 is 29.7 Å². The van der Waals surface area contributed by atoms with Gasteiger partial charge in [-0.2, -0.15) is 0 Å². The molecule has 0 bridgehead atoms. The Kier molecular flexibility index (Phi) is 6.15. The van der Waals surface area contributed by atoms with Crippen LogP contribution in [0.15, 0.2) is 48.0 Å². The first kappa shape index (κ1) is 19.3. The predicted octanol–water partition coefficient (Wildman–Crippen LogP) is 1.64. The molecule has 1 atom stereocenters. The van der Waals surface area contributed by atoms with Gasteiger partial charge in [-0.1, -0.05) is 12.1 Å². The fourth-order valence-corrected chi connectivity index (χ4v) is 2.81. The Morgan fingerprint density at radius 1 is 1.29 bits per heavy atom. The van der Waals surface area contributed by atoms with Crippen LogP contribution in [0.5, 0.6) is 5.75 Å². The third-order valence-corrected chi connectivity index (χ3v) is 4.13. The Bertz CT molecular complexity index is 878. The van der Waals surface area contributed by atoms with Gasteiger partial charge in [0.05, 0.1) is 18.6 Å². The van der Waals surface area contributed by atoms with E-state index in [0.717, 1.165) is 17.9 Å². The molecule has 0 unspecified atom stereocenters. The van der Waals surface area contributed by atoms with E-state index in [1.54, 1.807) is 43.7 Å². The highest BCUT2D eigenvalue weighted by molar-refractivity contribution is 6.32. The predicted molar refractivity (Wildman–Crippen MR) is 102 cm³/mol. The number of imidazole rings is 1. The molecule has 0 spiro atoms. The number of rotatable bonds is 8. The van der Waals surface area contributed by atoms with Crippen molar-refractivity contribution < 1.29 is 19.1 Å². The number of ether oxygens (including phenoxy) is 1.